The van der Waals surface area contributed by atoms with E-state index < -0.39 is 0 Å². The van der Waals surface area contributed by atoms with Gasteiger partial charge in [0.2, 0.25) is 0 Å². The third-order valence-electron chi connectivity index (χ3n) is 7.32. The van der Waals surface area contributed by atoms with Gasteiger partial charge in [-0.3, -0.25) is 0 Å². The number of imidazole rings is 1. The van der Waals surface area contributed by atoms with E-state index in [-0.39, 0.29) is 0 Å². The van der Waals surface area contributed by atoms with Crippen LogP contribution in [0, 0.1) is 5.92 Å². The van der Waals surface area contributed by atoms with E-state index in [0.29, 0.717) is 12.0 Å². The van der Waals surface area contributed by atoms with Crippen molar-refractivity contribution < 1.29 is 0 Å². The van der Waals surface area contributed by atoms with Gasteiger partial charge in [0.1, 0.15) is 0 Å². The summed E-state index contributed by atoms with van der Waals surface area (Å²) in [7, 11) is 0. The van der Waals surface area contributed by atoms with Gasteiger partial charge in [0.15, 0.2) is 0 Å². The fourth-order valence-corrected chi connectivity index (χ4v) is 5.29. The maximum Gasteiger partial charge on any atom is 0.0948 e. The van der Waals surface area contributed by atoms with Crippen LogP contribution >= 0.6 is 0 Å². The van der Waals surface area contributed by atoms with Crippen LogP contribution in [0.2, 0.25) is 0 Å². The van der Waals surface area contributed by atoms with Crippen molar-refractivity contribution in [2.24, 2.45) is 5.92 Å². The molecule has 2 unspecified atom stereocenters. The van der Waals surface area contributed by atoms with E-state index >= 15 is 0 Å². The van der Waals surface area contributed by atoms with Crippen LogP contribution in [0.4, 0.5) is 0 Å². The Labute approximate surface area is 205 Å². The van der Waals surface area contributed by atoms with Gasteiger partial charge in [-0.2, -0.15) is 0 Å². The molecule has 2 atom stereocenters. The molecule has 0 saturated carbocycles. The second-order valence-electron chi connectivity index (χ2n) is 10.2. The average Bonchev–Trinajstić information content (AvgIpc) is 3.37. The molecule has 186 valence electrons. The standard InChI is InChI=1S/C31H52N2/c1-3-5-7-8-9-10-11-12-13-14-15-20-24-31(33-26-25-32-28-33)30(23-17-6-4-2)27-29-21-18-16-19-22-29/h16,18-19,21-22,25-26,28,30-31H,3-15,17,20,23-24,27H2,1-2H3. The molecular weight excluding hydrogens is 400 g/mol. The number of hydrogen-bond acceptors (Lipinski definition) is 1. The van der Waals surface area contributed by atoms with Crippen LogP contribution in [0.1, 0.15) is 135 Å². The smallest absolute Gasteiger partial charge is 0.0948 e. The van der Waals surface area contributed by atoms with Crippen molar-refractivity contribution in [1.29, 1.82) is 0 Å². The molecule has 0 spiro atoms. The Bertz CT molecular complexity index is 649. The third-order valence-corrected chi connectivity index (χ3v) is 7.32. The maximum absolute atomic E-state index is 4.40. The van der Waals surface area contributed by atoms with Crippen LogP contribution in [-0.4, -0.2) is 9.55 Å². The highest BCUT2D eigenvalue weighted by Crippen LogP contribution is 2.32. The average molecular weight is 453 g/mol. The third kappa shape index (κ3) is 12.5. The molecule has 1 aromatic heterocycles. The van der Waals surface area contributed by atoms with Crippen LogP contribution in [0.15, 0.2) is 49.1 Å². The molecule has 0 saturated heterocycles. The maximum atomic E-state index is 4.40. The Morgan fingerprint density at radius 3 is 1.79 bits per heavy atom. The highest BCUT2D eigenvalue weighted by Gasteiger charge is 2.22. The first-order valence-corrected chi connectivity index (χ1v) is 14.4. The Hall–Kier alpha value is -1.57. The zero-order valence-corrected chi connectivity index (χ0v) is 21.9. The number of rotatable bonds is 21. The summed E-state index contributed by atoms with van der Waals surface area (Å²) in [5.74, 6) is 0.695. The van der Waals surface area contributed by atoms with Gasteiger partial charge in [0.05, 0.1) is 6.33 Å². The molecule has 2 nitrogen and oxygen atoms in total. The molecule has 0 radical (unpaired) electrons. The SMILES string of the molecule is CCCCCCCCCCCCCCC(C(CCCCC)Cc1ccccc1)n1ccnc1. The molecule has 33 heavy (non-hydrogen) atoms. The second-order valence-corrected chi connectivity index (χ2v) is 10.2. The summed E-state index contributed by atoms with van der Waals surface area (Å²) in [5, 5.41) is 0. The lowest BCUT2D eigenvalue weighted by atomic mass is 9.84. The summed E-state index contributed by atoms with van der Waals surface area (Å²) in [6.45, 7) is 4.61. The molecule has 0 N–H and O–H groups in total. The first-order chi connectivity index (χ1) is 16.3. The summed E-state index contributed by atoms with van der Waals surface area (Å²) < 4.78 is 2.41. The summed E-state index contributed by atoms with van der Waals surface area (Å²) in [4.78, 5) is 4.40. The van der Waals surface area contributed by atoms with Gasteiger partial charge in [-0.05, 0) is 30.7 Å². The van der Waals surface area contributed by atoms with Crippen LogP contribution in [0.5, 0.6) is 0 Å². The first-order valence-electron chi connectivity index (χ1n) is 14.4. The van der Waals surface area contributed by atoms with Crippen LogP contribution < -0.4 is 0 Å². The number of benzene rings is 1. The predicted molar refractivity (Wildman–Crippen MR) is 145 cm³/mol. The number of aromatic nitrogens is 2. The minimum atomic E-state index is 0.577. The van der Waals surface area contributed by atoms with Crippen LogP contribution in [-0.2, 0) is 6.42 Å². The van der Waals surface area contributed by atoms with Crippen molar-refractivity contribution in [3.63, 3.8) is 0 Å². The van der Waals surface area contributed by atoms with Gasteiger partial charge < -0.3 is 4.57 Å². The van der Waals surface area contributed by atoms with Gasteiger partial charge >= 0.3 is 0 Å². The molecule has 0 fully saturated rings. The topological polar surface area (TPSA) is 17.8 Å². The molecule has 0 aliphatic rings. The first kappa shape index (κ1) is 27.7. The lowest BCUT2D eigenvalue weighted by molar-refractivity contribution is 0.276. The van der Waals surface area contributed by atoms with Gasteiger partial charge in [0.25, 0.3) is 0 Å². The van der Waals surface area contributed by atoms with Gasteiger partial charge in [-0.25, -0.2) is 4.98 Å². The Kier molecular flexibility index (Phi) is 15.8. The fourth-order valence-electron chi connectivity index (χ4n) is 5.29. The predicted octanol–water partition coefficient (Wildman–Crippen LogP) is 9.95. The molecule has 0 bridgehead atoms. The minimum Gasteiger partial charge on any atom is -0.334 e. The van der Waals surface area contributed by atoms with E-state index in [0.717, 1.165) is 0 Å². The zero-order valence-electron chi connectivity index (χ0n) is 21.9. The minimum absolute atomic E-state index is 0.577. The Morgan fingerprint density at radius 2 is 1.21 bits per heavy atom. The van der Waals surface area contributed by atoms with Crippen LogP contribution in [0.3, 0.4) is 0 Å². The molecule has 0 amide bonds. The van der Waals surface area contributed by atoms with Crippen molar-refractivity contribution in [1.82, 2.24) is 9.55 Å². The van der Waals surface area contributed by atoms with Crippen molar-refractivity contribution in [3.8, 4) is 0 Å². The fraction of sp³-hybridized carbons (Fsp3) is 0.710. The highest BCUT2D eigenvalue weighted by molar-refractivity contribution is 5.15. The van der Waals surface area contributed by atoms with E-state index in [9.17, 15) is 0 Å². The van der Waals surface area contributed by atoms with Gasteiger partial charge in [-0.1, -0.05) is 140 Å². The van der Waals surface area contributed by atoms with E-state index in [1.807, 2.05) is 6.20 Å². The van der Waals surface area contributed by atoms with Crippen molar-refractivity contribution >= 4 is 0 Å². The molecule has 0 aliphatic heterocycles. The molecule has 2 aromatic rings. The Morgan fingerprint density at radius 1 is 0.667 bits per heavy atom. The lowest BCUT2D eigenvalue weighted by Gasteiger charge is -2.29. The normalized spacial score (nSPS) is 13.3. The zero-order chi connectivity index (χ0) is 23.4. The van der Waals surface area contributed by atoms with E-state index in [1.165, 1.54) is 121 Å². The monoisotopic (exact) mass is 452 g/mol. The summed E-state index contributed by atoms with van der Waals surface area (Å²) in [6.07, 6.45) is 31.0. The molecular formula is C31H52N2. The van der Waals surface area contributed by atoms with E-state index in [2.05, 4.69) is 66.3 Å². The number of hydrogen-bond donors (Lipinski definition) is 0. The van der Waals surface area contributed by atoms with Gasteiger partial charge in [-0.15, -0.1) is 0 Å². The van der Waals surface area contributed by atoms with Gasteiger partial charge in [0, 0.05) is 18.4 Å². The van der Waals surface area contributed by atoms with Crippen LogP contribution in [0.25, 0.3) is 0 Å². The Balaban J connectivity index is 1.75. The number of unbranched alkanes of at least 4 members (excludes halogenated alkanes) is 13. The molecule has 2 heteroatoms. The highest BCUT2D eigenvalue weighted by atomic mass is 15.1. The quantitative estimate of drug-likeness (QED) is 0.172. The van der Waals surface area contributed by atoms with E-state index in [1.54, 1.807) is 0 Å². The summed E-state index contributed by atoms with van der Waals surface area (Å²) in [5.41, 5.74) is 1.49. The lowest BCUT2D eigenvalue weighted by Crippen LogP contribution is -2.21. The van der Waals surface area contributed by atoms with E-state index in [4.69, 9.17) is 0 Å². The number of nitrogens with zero attached hydrogens (tertiary/aromatic N) is 2. The summed E-state index contributed by atoms with van der Waals surface area (Å²) >= 11 is 0. The molecule has 0 aliphatic carbocycles. The molecule has 1 heterocycles. The van der Waals surface area contributed by atoms with Crippen molar-refractivity contribution in [2.45, 2.75) is 135 Å². The van der Waals surface area contributed by atoms with Crippen molar-refractivity contribution in [2.75, 3.05) is 0 Å². The largest absolute Gasteiger partial charge is 0.334 e. The molecule has 1 aromatic carbocycles. The summed E-state index contributed by atoms with van der Waals surface area (Å²) in [6, 6.07) is 11.7. The molecule has 2 rings (SSSR count). The van der Waals surface area contributed by atoms with Crippen molar-refractivity contribution in [3.05, 3.63) is 54.6 Å². The second kappa shape index (κ2) is 18.8.